The maximum Gasteiger partial charge on any atom is 0.228 e. The summed E-state index contributed by atoms with van der Waals surface area (Å²) in [6.45, 7) is 4.90. The highest BCUT2D eigenvalue weighted by Gasteiger charge is 2.08. The first-order valence-electron chi connectivity index (χ1n) is 5.87. The van der Waals surface area contributed by atoms with E-state index in [0.717, 1.165) is 24.5 Å². The Morgan fingerprint density at radius 2 is 2.00 bits per heavy atom. The fraction of sp³-hybridized carbons (Fsp3) is 0.385. The van der Waals surface area contributed by atoms with Gasteiger partial charge in [-0.2, -0.15) is 4.98 Å². The van der Waals surface area contributed by atoms with Crippen molar-refractivity contribution < 1.29 is 4.52 Å². The van der Waals surface area contributed by atoms with Crippen molar-refractivity contribution in [2.24, 2.45) is 0 Å². The van der Waals surface area contributed by atoms with Gasteiger partial charge in [-0.15, -0.1) is 0 Å². The summed E-state index contributed by atoms with van der Waals surface area (Å²) in [5.74, 6) is 1.78. The first kappa shape index (κ1) is 11.6. The summed E-state index contributed by atoms with van der Waals surface area (Å²) in [5, 5.41) is 7.23. The second-order valence-corrected chi connectivity index (χ2v) is 4.24. The molecule has 4 nitrogen and oxygen atoms in total. The molecule has 2 rings (SSSR count). The maximum absolute atomic E-state index is 5.16. The minimum absolute atomic E-state index is 0.314. The molecule has 0 aliphatic carbocycles. The Morgan fingerprint density at radius 3 is 2.65 bits per heavy atom. The van der Waals surface area contributed by atoms with E-state index < -0.39 is 0 Å². The molecule has 0 aliphatic heterocycles. The van der Waals surface area contributed by atoms with Crippen molar-refractivity contribution in [1.29, 1.82) is 0 Å². The SMILES string of the molecule is CC(C)c1noc(CCNc2ccccc2)n1. The van der Waals surface area contributed by atoms with Crippen molar-refractivity contribution in [1.82, 2.24) is 10.1 Å². The minimum atomic E-state index is 0.314. The van der Waals surface area contributed by atoms with Crippen LogP contribution in [0.25, 0.3) is 0 Å². The minimum Gasteiger partial charge on any atom is -0.385 e. The van der Waals surface area contributed by atoms with Crippen molar-refractivity contribution >= 4 is 5.69 Å². The topological polar surface area (TPSA) is 51.0 Å². The Hall–Kier alpha value is -1.84. The van der Waals surface area contributed by atoms with Crippen LogP contribution in [-0.2, 0) is 6.42 Å². The average Bonchev–Trinajstić information content (AvgIpc) is 2.79. The number of benzene rings is 1. The van der Waals surface area contributed by atoms with Crippen LogP contribution in [0.3, 0.4) is 0 Å². The molecule has 0 unspecified atom stereocenters. The molecular weight excluding hydrogens is 214 g/mol. The number of hydrogen-bond donors (Lipinski definition) is 1. The Bertz CT molecular complexity index is 451. The zero-order valence-electron chi connectivity index (χ0n) is 10.2. The van der Waals surface area contributed by atoms with E-state index in [4.69, 9.17) is 4.52 Å². The molecule has 0 amide bonds. The van der Waals surface area contributed by atoms with Crippen LogP contribution < -0.4 is 5.32 Å². The van der Waals surface area contributed by atoms with Gasteiger partial charge in [0.1, 0.15) is 0 Å². The van der Waals surface area contributed by atoms with Crippen molar-refractivity contribution in [2.45, 2.75) is 26.2 Å². The van der Waals surface area contributed by atoms with E-state index in [2.05, 4.69) is 29.3 Å². The van der Waals surface area contributed by atoms with E-state index in [0.29, 0.717) is 11.8 Å². The van der Waals surface area contributed by atoms with Crippen molar-refractivity contribution in [3.63, 3.8) is 0 Å². The molecule has 90 valence electrons. The molecule has 1 aromatic carbocycles. The third-order valence-electron chi connectivity index (χ3n) is 2.44. The molecule has 0 radical (unpaired) electrons. The average molecular weight is 231 g/mol. The van der Waals surface area contributed by atoms with E-state index in [1.165, 1.54) is 0 Å². The number of rotatable bonds is 5. The summed E-state index contributed by atoms with van der Waals surface area (Å²) in [5.41, 5.74) is 1.11. The molecule has 0 atom stereocenters. The lowest BCUT2D eigenvalue weighted by Gasteiger charge is -2.02. The van der Waals surface area contributed by atoms with Gasteiger partial charge >= 0.3 is 0 Å². The number of hydrogen-bond acceptors (Lipinski definition) is 4. The van der Waals surface area contributed by atoms with Crippen LogP contribution in [0, 0.1) is 0 Å². The van der Waals surface area contributed by atoms with Crippen LogP contribution in [0.5, 0.6) is 0 Å². The molecule has 4 heteroatoms. The molecule has 0 fully saturated rings. The van der Waals surface area contributed by atoms with E-state index in [1.54, 1.807) is 0 Å². The van der Waals surface area contributed by atoms with Crippen LogP contribution in [-0.4, -0.2) is 16.7 Å². The fourth-order valence-corrected chi connectivity index (χ4v) is 1.47. The van der Waals surface area contributed by atoms with Gasteiger partial charge in [0.25, 0.3) is 0 Å². The zero-order chi connectivity index (χ0) is 12.1. The number of aromatic nitrogens is 2. The number of anilines is 1. The van der Waals surface area contributed by atoms with Gasteiger partial charge in [-0.05, 0) is 12.1 Å². The molecule has 1 aromatic heterocycles. The van der Waals surface area contributed by atoms with E-state index in [1.807, 2.05) is 30.3 Å². The van der Waals surface area contributed by atoms with Crippen LogP contribution >= 0.6 is 0 Å². The van der Waals surface area contributed by atoms with Crippen LogP contribution in [0.2, 0.25) is 0 Å². The summed E-state index contributed by atoms with van der Waals surface area (Å²) in [6, 6.07) is 10.1. The number of nitrogens with one attached hydrogen (secondary N) is 1. The lowest BCUT2D eigenvalue weighted by molar-refractivity contribution is 0.373. The molecule has 0 saturated heterocycles. The molecular formula is C13H17N3O. The largest absolute Gasteiger partial charge is 0.385 e. The highest BCUT2D eigenvalue weighted by Crippen LogP contribution is 2.10. The van der Waals surface area contributed by atoms with Crippen molar-refractivity contribution in [3.8, 4) is 0 Å². The summed E-state index contributed by atoms with van der Waals surface area (Å²) in [4.78, 5) is 4.32. The molecule has 17 heavy (non-hydrogen) atoms. The maximum atomic E-state index is 5.16. The smallest absolute Gasteiger partial charge is 0.228 e. The van der Waals surface area contributed by atoms with Crippen LogP contribution in [0.1, 0.15) is 31.5 Å². The Labute approximate surface area is 101 Å². The Morgan fingerprint density at radius 1 is 1.24 bits per heavy atom. The molecule has 0 aliphatic rings. The monoisotopic (exact) mass is 231 g/mol. The predicted molar refractivity (Wildman–Crippen MR) is 67.0 cm³/mol. The van der Waals surface area contributed by atoms with Crippen molar-refractivity contribution in [3.05, 3.63) is 42.0 Å². The van der Waals surface area contributed by atoms with Gasteiger partial charge in [0.2, 0.25) is 5.89 Å². The predicted octanol–water partition coefficient (Wildman–Crippen LogP) is 2.85. The second kappa shape index (κ2) is 5.48. The second-order valence-electron chi connectivity index (χ2n) is 4.24. The van der Waals surface area contributed by atoms with Gasteiger partial charge in [-0.25, -0.2) is 0 Å². The van der Waals surface area contributed by atoms with Gasteiger partial charge in [-0.3, -0.25) is 0 Å². The number of nitrogens with zero attached hydrogens (tertiary/aromatic N) is 2. The summed E-state index contributed by atoms with van der Waals surface area (Å²) in [6.07, 6.45) is 0.745. The first-order chi connectivity index (χ1) is 8.25. The van der Waals surface area contributed by atoms with Gasteiger partial charge in [0, 0.05) is 24.6 Å². The first-order valence-corrected chi connectivity index (χ1v) is 5.87. The molecule has 0 saturated carbocycles. The van der Waals surface area contributed by atoms with Gasteiger partial charge in [-0.1, -0.05) is 37.2 Å². The molecule has 0 spiro atoms. The normalized spacial score (nSPS) is 10.8. The highest BCUT2D eigenvalue weighted by molar-refractivity contribution is 5.42. The van der Waals surface area contributed by atoms with Crippen LogP contribution in [0.4, 0.5) is 5.69 Å². The third kappa shape index (κ3) is 3.31. The Balaban J connectivity index is 1.82. The van der Waals surface area contributed by atoms with Crippen LogP contribution in [0.15, 0.2) is 34.9 Å². The van der Waals surface area contributed by atoms with Gasteiger partial charge in [0.15, 0.2) is 5.82 Å². The summed E-state index contributed by atoms with van der Waals surface area (Å²) >= 11 is 0. The number of para-hydroxylation sites is 1. The lowest BCUT2D eigenvalue weighted by Crippen LogP contribution is -2.05. The van der Waals surface area contributed by atoms with Gasteiger partial charge in [0.05, 0.1) is 0 Å². The molecule has 1 N–H and O–H groups in total. The quantitative estimate of drug-likeness (QED) is 0.859. The standard InChI is InChI=1S/C13H17N3O/c1-10(2)13-15-12(17-16-13)8-9-14-11-6-4-3-5-7-11/h3-7,10,14H,8-9H2,1-2H3. The summed E-state index contributed by atoms with van der Waals surface area (Å²) < 4.78 is 5.16. The van der Waals surface area contributed by atoms with E-state index in [-0.39, 0.29) is 0 Å². The van der Waals surface area contributed by atoms with Gasteiger partial charge < -0.3 is 9.84 Å². The van der Waals surface area contributed by atoms with Crippen molar-refractivity contribution in [2.75, 3.05) is 11.9 Å². The fourth-order valence-electron chi connectivity index (χ4n) is 1.47. The Kier molecular flexibility index (Phi) is 3.75. The van der Waals surface area contributed by atoms with E-state index in [9.17, 15) is 0 Å². The molecule has 0 bridgehead atoms. The summed E-state index contributed by atoms with van der Waals surface area (Å²) in [7, 11) is 0. The van der Waals surface area contributed by atoms with E-state index >= 15 is 0 Å². The molecule has 2 aromatic rings. The zero-order valence-corrected chi connectivity index (χ0v) is 10.2. The highest BCUT2D eigenvalue weighted by atomic mass is 16.5. The third-order valence-corrected chi connectivity index (χ3v) is 2.44. The molecule has 1 heterocycles. The lowest BCUT2D eigenvalue weighted by atomic mass is 10.2.